The van der Waals surface area contributed by atoms with E-state index in [1.165, 1.54) is 0 Å². The number of amides is 1. The number of halogens is 2. The average molecular weight is 352 g/mol. The molecule has 1 aliphatic heterocycles. The number of carbonyl (C=O) groups is 1. The Morgan fingerprint density at radius 3 is 2.95 bits per heavy atom. The molecule has 0 radical (unpaired) electrons. The largest absolute Gasteiger partial charge is 0.353 e. The molecule has 120 valence electrons. The summed E-state index contributed by atoms with van der Waals surface area (Å²) in [5, 5.41) is 6.50. The van der Waals surface area contributed by atoms with E-state index in [4.69, 9.17) is 0 Å². The van der Waals surface area contributed by atoms with Crippen molar-refractivity contribution in [2.24, 2.45) is 0 Å². The Kier molecular flexibility index (Phi) is 10.9. The summed E-state index contributed by atoms with van der Waals surface area (Å²) < 4.78 is 0. The minimum absolute atomic E-state index is 0. The third-order valence-electron chi connectivity index (χ3n) is 3.20. The van der Waals surface area contributed by atoms with Crippen LogP contribution in [0.2, 0.25) is 0 Å². The first-order chi connectivity index (χ1) is 9.24. The van der Waals surface area contributed by atoms with Crippen molar-refractivity contribution in [2.75, 3.05) is 12.3 Å². The number of pyridine rings is 1. The van der Waals surface area contributed by atoms with Crippen LogP contribution in [0, 0.1) is 0 Å². The van der Waals surface area contributed by atoms with Gasteiger partial charge in [0.15, 0.2) is 0 Å². The number of carbonyl (C=O) groups excluding carboxylic acids is 1. The summed E-state index contributed by atoms with van der Waals surface area (Å²) in [4.78, 5) is 16.1. The molecule has 2 atom stereocenters. The molecule has 4 nitrogen and oxygen atoms in total. The fourth-order valence-corrected chi connectivity index (χ4v) is 3.01. The van der Waals surface area contributed by atoms with E-state index in [1.807, 2.05) is 18.2 Å². The maximum absolute atomic E-state index is 11.8. The predicted molar refractivity (Wildman–Crippen MR) is 93.5 cm³/mol. The second-order valence-electron chi connectivity index (χ2n) is 4.96. The molecule has 7 heteroatoms. The lowest BCUT2D eigenvalue weighted by atomic mass is 10.0. The number of rotatable bonds is 5. The quantitative estimate of drug-likeness (QED) is 0.855. The summed E-state index contributed by atoms with van der Waals surface area (Å²) in [5.74, 6) is 1.44. The molecule has 2 unspecified atom stereocenters. The van der Waals surface area contributed by atoms with Crippen LogP contribution >= 0.6 is 36.6 Å². The molecule has 0 aliphatic carbocycles. The van der Waals surface area contributed by atoms with Crippen LogP contribution < -0.4 is 10.6 Å². The van der Waals surface area contributed by atoms with Gasteiger partial charge in [-0.1, -0.05) is 6.07 Å². The molecule has 2 heterocycles. The van der Waals surface area contributed by atoms with E-state index in [0.717, 1.165) is 30.8 Å². The van der Waals surface area contributed by atoms with Crippen molar-refractivity contribution >= 4 is 42.5 Å². The third kappa shape index (κ3) is 7.90. The predicted octanol–water partition coefficient (Wildman–Crippen LogP) is 2.42. The second-order valence-corrected chi connectivity index (χ2v) is 5.94. The van der Waals surface area contributed by atoms with Crippen LogP contribution in [0.5, 0.6) is 0 Å². The average Bonchev–Trinajstić information content (AvgIpc) is 2.40. The highest BCUT2D eigenvalue weighted by Crippen LogP contribution is 2.11. The molecule has 1 saturated heterocycles. The molecule has 0 aromatic carbocycles. The first-order valence-electron chi connectivity index (χ1n) is 6.74. The number of thioether (sulfide) groups is 1. The lowest BCUT2D eigenvalue weighted by Crippen LogP contribution is -2.47. The Morgan fingerprint density at radius 2 is 2.29 bits per heavy atom. The fraction of sp³-hybridized carbons (Fsp3) is 0.571. The lowest BCUT2D eigenvalue weighted by molar-refractivity contribution is -0.119. The van der Waals surface area contributed by atoms with E-state index in [-0.39, 0.29) is 30.7 Å². The van der Waals surface area contributed by atoms with Crippen molar-refractivity contribution in [1.29, 1.82) is 0 Å². The topological polar surface area (TPSA) is 54.0 Å². The zero-order chi connectivity index (χ0) is 13.5. The SMILES string of the molecule is CC1CC(NC(=O)CSCc2ccccn2)CCN1.Cl.Cl. The van der Waals surface area contributed by atoms with Gasteiger partial charge in [0.05, 0.1) is 11.4 Å². The molecular weight excluding hydrogens is 329 g/mol. The van der Waals surface area contributed by atoms with E-state index in [2.05, 4.69) is 22.5 Å². The first-order valence-corrected chi connectivity index (χ1v) is 7.90. The van der Waals surface area contributed by atoms with Gasteiger partial charge in [-0.25, -0.2) is 0 Å². The van der Waals surface area contributed by atoms with E-state index >= 15 is 0 Å². The second kappa shape index (κ2) is 11.1. The Morgan fingerprint density at radius 1 is 1.48 bits per heavy atom. The van der Waals surface area contributed by atoms with Crippen molar-refractivity contribution in [1.82, 2.24) is 15.6 Å². The van der Waals surface area contributed by atoms with E-state index in [1.54, 1.807) is 18.0 Å². The van der Waals surface area contributed by atoms with Crippen LogP contribution in [0.25, 0.3) is 0 Å². The smallest absolute Gasteiger partial charge is 0.230 e. The maximum Gasteiger partial charge on any atom is 0.230 e. The summed E-state index contributed by atoms with van der Waals surface area (Å²) in [7, 11) is 0. The van der Waals surface area contributed by atoms with E-state index in [0.29, 0.717) is 17.8 Å². The molecule has 1 aliphatic rings. The van der Waals surface area contributed by atoms with Crippen molar-refractivity contribution in [2.45, 2.75) is 37.6 Å². The molecule has 0 saturated carbocycles. The number of aromatic nitrogens is 1. The first kappa shape index (κ1) is 20.5. The molecule has 2 N–H and O–H groups in total. The van der Waals surface area contributed by atoms with Gasteiger partial charge in [0.2, 0.25) is 5.91 Å². The lowest BCUT2D eigenvalue weighted by Gasteiger charge is -2.28. The molecule has 0 spiro atoms. The van der Waals surface area contributed by atoms with Gasteiger partial charge in [-0.15, -0.1) is 36.6 Å². The number of hydrogen-bond acceptors (Lipinski definition) is 4. The molecule has 1 amide bonds. The van der Waals surface area contributed by atoms with Gasteiger partial charge in [0.25, 0.3) is 0 Å². The standard InChI is InChI=1S/C14H21N3OS.2ClH/c1-11-8-12(5-7-15-11)17-14(18)10-19-9-13-4-2-3-6-16-13;;/h2-4,6,11-12,15H,5,7-10H2,1H3,(H,17,18);2*1H. The van der Waals surface area contributed by atoms with Gasteiger partial charge in [0.1, 0.15) is 0 Å². The third-order valence-corrected chi connectivity index (χ3v) is 4.16. The zero-order valence-corrected chi connectivity index (χ0v) is 14.5. The normalized spacial score (nSPS) is 20.8. The Balaban J connectivity index is 0.00000200. The van der Waals surface area contributed by atoms with Crippen LogP contribution in [0.3, 0.4) is 0 Å². The number of piperidine rings is 1. The van der Waals surface area contributed by atoms with Crippen molar-refractivity contribution < 1.29 is 4.79 Å². The van der Waals surface area contributed by atoms with Gasteiger partial charge in [-0.2, -0.15) is 0 Å². The fourth-order valence-electron chi connectivity index (χ4n) is 2.26. The van der Waals surface area contributed by atoms with Crippen LogP contribution in [0.4, 0.5) is 0 Å². The number of nitrogens with zero attached hydrogens (tertiary/aromatic N) is 1. The molecule has 2 rings (SSSR count). The summed E-state index contributed by atoms with van der Waals surface area (Å²) in [5.41, 5.74) is 1.02. The highest BCUT2D eigenvalue weighted by Gasteiger charge is 2.19. The monoisotopic (exact) mass is 351 g/mol. The highest BCUT2D eigenvalue weighted by molar-refractivity contribution is 7.99. The summed E-state index contributed by atoms with van der Waals surface area (Å²) in [6.07, 6.45) is 3.84. The summed E-state index contributed by atoms with van der Waals surface area (Å²) in [6, 6.07) is 6.69. The van der Waals surface area contributed by atoms with Crippen molar-refractivity contribution in [3.63, 3.8) is 0 Å². The van der Waals surface area contributed by atoms with Gasteiger partial charge < -0.3 is 10.6 Å². The van der Waals surface area contributed by atoms with Crippen molar-refractivity contribution in [3.05, 3.63) is 30.1 Å². The van der Waals surface area contributed by atoms with Crippen LogP contribution in [-0.2, 0) is 10.5 Å². The minimum Gasteiger partial charge on any atom is -0.353 e. The Bertz CT molecular complexity index is 408. The molecule has 0 bridgehead atoms. The minimum atomic E-state index is 0. The van der Waals surface area contributed by atoms with E-state index in [9.17, 15) is 4.79 Å². The number of hydrogen-bond donors (Lipinski definition) is 2. The Hall–Kier alpha value is -0.490. The Labute approximate surface area is 143 Å². The van der Waals surface area contributed by atoms with Gasteiger partial charge >= 0.3 is 0 Å². The zero-order valence-electron chi connectivity index (χ0n) is 12.1. The maximum atomic E-state index is 11.8. The summed E-state index contributed by atoms with van der Waals surface area (Å²) in [6.45, 7) is 3.15. The van der Waals surface area contributed by atoms with Gasteiger partial charge in [-0.05, 0) is 38.4 Å². The molecule has 1 aromatic heterocycles. The number of nitrogens with one attached hydrogen (secondary N) is 2. The van der Waals surface area contributed by atoms with Crippen LogP contribution in [-0.4, -0.2) is 35.3 Å². The van der Waals surface area contributed by atoms with Gasteiger partial charge in [0, 0.05) is 24.0 Å². The molecular formula is C14H23Cl2N3OS. The summed E-state index contributed by atoms with van der Waals surface area (Å²) >= 11 is 1.61. The molecule has 1 aromatic rings. The van der Waals surface area contributed by atoms with Gasteiger partial charge in [-0.3, -0.25) is 9.78 Å². The highest BCUT2D eigenvalue weighted by atomic mass is 35.5. The molecule has 1 fully saturated rings. The van der Waals surface area contributed by atoms with Crippen LogP contribution in [0.15, 0.2) is 24.4 Å². The van der Waals surface area contributed by atoms with Crippen molar-refractivity contribution in [3.8, 4) is 0 Å². The van der Waals surface area contributed by atoms with Crippen LogP contribution in [0.1, 0.15) is 25.5 Å². The van der Waals surface area contributed by atoms with E-state index < -0.39 is 0 Å². The molecule has 21 heavy (non-hydrogen) atoms.